The highest BCUT2D eigenvalue weighted by Gasteiger charge is 1.72. The van der Waals surface area contributed by atoms with E-state index in [2.05, 4.69) is 19.1 Å². The molecule has 0 unspecified atom stereocenters. The molecule has 1 aromatic rings. The molecule has 0 fully saturated rings. The van der Waals surface area contributed by atoms with Gasteiger partial charge in [-0.2, -0.15) is 0 Å². The van der Waals surface area contributed by atoms with E-state index in [0.29, 0.717) is 0 Å². The van der Waals surface area contributed by atoms with Gasteiger partial charge < -0.3 is 0 Å². The predicted molar refractivity (Wildman–Crippen MR) is 52.9 cm³/mol. The van der Waals surface area contributed by atoms with E-state index in [9.17, 15) is 0 Å². The first-order valence-electron chi connectivity index (χ1n) is 2.41. The van der Waals surface area contributed by atoms with Crippen molar-refractivity contribution in [2.24, 2.45) is 0 Å². The van der Waals surface area contributed by atoms with E-state index in [4.69, 9.17) is 0 Å². The monoisotopic (exact) mass is 200 g/mol. The fraction of sp³-hybridized carbons (Fsp3) is 0.143. The van der Waals surface area contributed by atoms with Crippen molar-refractivity contribution in [3.8, 4) is 0 Å². The molecule has 60 valence electrons. The van der Waals surface area contributed by atoms with Gasteiger partial charge in [-0.1, -0.05) is 35.9 Å². The Kier molecular flexibility index (Phi) is 15.1. The summed E-state index contributed by atoms with van der Waals surface area (Å²) in [5, 5.41) is 0. The summed E-state index contributed by atoms with van der Waals surface area (Å²) in [6, 6.07) is 10.3. The average molecular weight is 202 g/mol. The van der Waals surface area contributed by atoms with Gasteiger partial charge in [0.15, 0.2) is 0 Å². The first-order valence-corrected chi connectivity index (χ1v) is 2.41. The summed E-state index contributed by atoms with van der Waals surface area (Å²) in [7, 11) is 0. The third kappa shape index (κ3) is 6.21. The zero-order valence-electron chi connectivity index (χ0n) is 5.61. The topological polar surface area (TPSA) is 0 Å². The molecule has 10 heavy (non-hydrogen) atoms. The predicted octanol–water partition coefficient (Wildman–Crippen LogP) is 3.26. The molecule has 0 aliphatic carbocycles. The van der Waals surface area contributed by atoms with Gasteiger partial charge in [-0.15, -0.1) is 37.2 Å². The standard InChI is InChI=1S/C7H8.3ClH/c1-7-5-3-2-4-6-7;;;/h2-6H,1H3;3*1H. The van der Waals surface area contributed by atoms with E-state index >= 15 is 0 Å². The lowest BCUT2D eigenvalue weighted by molar-refractivity contribution is 1.48. The number of benzene rings is 1. The third-order valence-electron chi connectivity index (χ3n) is 0.940. The van der Waals surface area contributed by atoms with Gasteiger partial charge in [0.05, 0.1) is 0 Å². The molecule has 0 nitrogen and oxygen atoms in total. The molecule has 0 saturated carbocycles. The van der Waals surface area contributed by atoms with Crippen molar-refractivity contribution in [3.05, 3.63) is 35.9 Å². The van der Waals surface area contributed by atoms with Crippen LogP contribution < -0.4 is 0 Å². The molecule has 0 radical (unpaired) electrons. The minimum Gasteiger partial charge on any atom is -0.147 e. The van der Waals surface area contributed by atoms with E-state index in [1.165, 1.54) is 5.56 Å². The van der Waals surface area contributed by atoms with Gasteiger partial charge in [0.2, 0.25) is 0 Å². The summed E-state index contributed by atoms with van der Waals surface area (Å²) in [5.74, 6) is 0. The molecule has 0 aliphatic rings. The van der Waals surface area contributed by atoms with Crippen LogP contribution in [0.5, 0.6) is 0 Å². The highest BCUT2D eigenvalue weighted by Crippen LogP contribution is 1.92. The number of rotatable bonds is 0. The fourth-order valence-corrected chi connectivity index (χ4v) is 0.534. The van der Waals surface area contributed by atoms with Gasteiger partial charge in [-0.3, -0.25) is 0 Å². The first kappa shape index (κ1) is 16.6. The fourth-order valence-electron chi connectivity index (χ4n) is 0.534. The number of hydrogen-bond donors (Lipinski definition) is 0. The molecule has 0 saturated heterocycles. The second-order valence-corrected chi connectivity index (χ2v) is 1.65. The minimum atomic E-state index is 0. The Balaban J connectivity index is -0.000000163. The van der Waals surface area contributed by atoms with Crippen molar-refractivity contribution in [3.63, 3.8) is 0 Å². The smallest absolute Gasteiger partial charge is 0.0398 e. The molecule has 0 N–H and O–H groups in total. The number of halogens is 3. The molecular formula is C7H11Cl3. The Bertz CT molecular complexity index is 139. The lowest BCUT2D eigenvalue weighted by atomic mass is 10.2. The maximum absolute atomic E-state index is 2.08. The van der Waals surface area contributed by atoms with E-state index in [1.54, 1.807) is 0 Å². The third-order valence-corrected chi connectivity index (χ3v) is 0.940. The second-order valence-electron chi connectivity index (χ2n) is 1.65. The van der Waals surface area contributed by atoms with Gasteiger partial charge >= 0.3 is 0 Å². The minimum absolute atomic E-state index is 0. The van der Waals surface area contributed by atoms with Gasteiger partial charge in [-0.05, 0) is 6.92 Å². The van der Waals surface area contributed by atoms with Crippen molar-refractivity contribution < 1.29 is 0 Å². The molecule has 0 spiro atoms. The van der Waals surface area contributed by atoms with Crippen molar-refractivity contribution in [2.75, 3.05) is 0 Å². The van der Waals surface area contributed by atoms with Crippen molar-refractivity contribution >= 4 is 37.2 Å². The molecule has 0 aromatic heterocycles. The van der Waals surface area contributed by atoms with Crippen LogP contribution in [0, 0.1) is 6.92 Å². The van der Waals surface area contributed by atoms with Crippen LogP contribution in [0.3, 0.4) is 0 Å². The average Bonchev–Trinajstić information content (AvgIpc) is 1.69. The lowest BCUT2D eigenvalue weighted by Gasteiger charge is -1.82. The summed E-state index contributed by atoms with van der Waals surface area (Å²) in [6.07, 6.45) is 0. The zero-order valence-corrected chi connectivity index (χ0v) is 8.06. The summed E-state index contributed by atoms with van der Waals surface area (Å²) >= 11 is 0. The quantitative estimate of drug-likeness (QED) is 0.604. The highest BCUT2D eigenvalue weighted by molar-refractivity contribution is 5.86. The van der Waals surface area contributed by atoms with Crippen LogP contribution in [0.2, 0.25) is 0 Å². The lowest BCUT2D eigenvalue weighted by Crippen LogP contribution is -1.62. The Morgan fingerprint density at radius 2 is 1.20 bits per heavy atom. The maximum atomic E-state index is 2.08. The zero-order chi connectivity index (χ0) is 5.11. The van der Waals surface area contributed by atoms with Crippen LogP contribution in [-0.4, -0.2) is 0 Å². The highest BCUT2D eigenvalue weighted by atomic mass is 35.5. The van der Waals surface area contributed by atoms with Crippen molar-refractivity contribution in [2.45, 2.75) is 6.92 Å². The number of aryl methyl sites for hydroxylation is 1. The summed E-state index contributed by atoms with van der Waals surface area (Å²) in [5.41, 5.74) is 1.32. The molecule has 3 heteroatoms. The van der Waals surface area contributed by atoms with E-state index < -0.39 is 0 Å². The van der Waals surface area contributed by atoms with Crippen LogP contribution in [-0.2, 0) is 0 Å². The van der Waals surface area contributed by atoms with Crippen LogP contribution in [0.15, 0.2) is 30.3 Å². The van der Waals surface area contributed by atoms with Crippen LogP contribution in [0.25, 0.3) is 0 Å². The Morgan fingerprint density at radius 3 is 1.40 bits per heavy atom. The summed E-state index contributed by atoms with van der Waals surface area (Å²) < 4.78 is 0. The largest absolute Gasteiger partial charge is 0.147 e. The van der Waals surface area contributed by atoms with E-state index in [-0.39, 0.29) is 37.2 Å². The molecule has 1 aromatic carbocycles. The van der Waals surface area contributed by atoms with E-state index in [0.717, 1.165) is 0 Å². The maximum Gasteiger partial charge on any atom is -0.0398 e. The molecular weight excluding hydrogens is 190 g/mol. The Hall–Kier alpha value is 0.0900. The van der Waals surface area contributed by atoms with Crippen LogP contribution in [0.4, 0.5) is 0 Å². The summed E-state index contributed by atoms with van der Waals surface area (Å²) in [4.78, 5) is 0. The second kappa shape index (κ2) is 9.09. The first-order chi connectivity index (χ1) is 3.39. The van der Waals surface area contributed by atoms with Crippen LogP contribution in [0.1, 0.15) is 5.56 Å². The van der Waals surface area contributed by atoms with Gasteiger partial charge in [0.25, 0.3) is 0 Å². The Morgan fingerprint density at radius 1 is 0.800 bits per heavy atom. The molecule has 0 aliphatic heterocycles. The van der Waals surface area contributed by atoms with E-state index in [1.807, 2.05) is 18.2 Å². The summed E-state index contributed by atoms with van der Waals surface area (Å²) in [6.45, 7) is 2.08. The normalized spacial score (nSPS) is 6.10. The van der Waals surface area contributed by atoms with Gasteiger partial charge in [-0.25, -0.2) is 0 Å². The van der Waals surface area contributed by atoms with Crippen molar-refractivity contribution in [1.29, 1.82) is 0 Å². The van der Waals surface area contributed by atoms with Crippen molar-refractivity contribution in [1.82, 2.24) is 0 Å². The van der Waals surface area contributed by atoms with Gasteiger partial charge in [0, 0.05) is 0 Å². The number of hydrogen-bond acceptors (Lipinski definition) is 0. The molecule has 0 atom stereocenters. The van der Waals surface area contributed by atoms with Crippen LogP contribution >= 0.6 is 37.2 Å². The molecule has 1 rings (SSSR count). The molecule has 0 bridgehead atoms. The Labute approximate surface area is 80.3 Å². The SMILES string of the molecule is Cc1ccccc1.Cl.Cl.Cl. The van der Waals surface area contributed by atoms with Gasteiger partial charge in [0.1, 0.15) is 0 Å². The molecule has 0 amide bonds. The molecule has 0 heterocycles.